The second-order valence-corrected chi connectivity index (χ2v) is 7.03. The normalized spacial score (nSPS) is 16.6. The highest BCUT2D eigenvalue weighted by molar-refractivity contribution is 5.85. The van der Waals surface area contributed by atoms with Gasteiger partial charge in [-0.05, 0) is 54.4 Å². The number of hydrogen-bond acceptors (Lipinski definition) is 2. The van der Waals surface area contributed by atoms with Gasteiger partial charge in [-0.15, -0.1) is 0 Å². The van der Waals surface area contributed by atoms with Gasteiger partial charge in [0.2, 0.25) is 0 Å². The van der Waals surface area contributed by atoms with Gasteiger partial charge in [0, 0.05) is 12.2 Å². The molecule has 1 atom stereocenters. The highest BCUT2D eigenvalue weighted by Crippen LogP contribution is 2.25. The lowest BCUT2D eigenvalue weighted by Crippen LogP contribution is -2.35. The molecule has 128 valence electrons. The minimum Gasteiger partial charge on any atom is -0.377 e. The summed E-state index contributed by atoms with van der Waals surface area (Å²) in [6.45, 7) is 3.52. The van der Waals surface area contributed by atoms with Crippen molar-refractivity contribution in [3.05, 3.63) is 78.4 Å². The van der Waals surface area contributed by atoms with E-state index in [1.165, 1.54) is 54.4 Å². The number of benzene rings is 3. The van der Waals surface area contributed by atoms with Crippen molar-refractivity contribution < 1.29 is 0 Å². The minimum atomic E-state index is 0.320. The first-order valence-electron chi connectivity index (χ1n) is 9.41. The minimum absolute atomic E-state index is 0.320. The van der Waals surface area contributed by atoms with Crippen molar-refractivity contribution in [2.24, 2.45) is 0 Å². The van der Waals surface area contributed by atoms with Crippen LogP contribution in [-0.4, -0.2) is 24.5 Å². The first-order valence-corrected chi connectivity index (χ1v) is 9.41. The summed E-state index contributed by atoms with van der Waals surface area (Å²) in [4.78, 5) is 2.61. The molecule has 25 heavy (non-hydrogen) atoms. The fourth-order valence-corrected chi connectivity index (χ4v) is 3.80. The van der Waals surface area contributed by atoms with Gasteiger partial charge in [0.25, 0.3) is 0 Å². The van der Waals surface area contributed by atoms with E-state index in [2.05, 4.69) is 83.0 Å². The number of nitrogens with one attached hydrogen (secondary N) is 1. The second-order valence-electron chi connectivity index (χ2n) is 7.03. The van der Waals surface area contributed by atoms with E-state index >= 15 is 0 Å². The molecule has 1 saturated heterocycles. The largest absolute Gasteiger partial charge is 0.377 e. The van der Waals surface area contributed by atoms with Crippen molar-refractivity contribution >= 4 is 16.5 Å². The maximum Gasteiger partial charge on any atom is 0.0640 e. The number of piperidine rings is 1. The summed E-state index contributed by atoms with van der Waals surface area (Å²) < 4.78 is 0. The van der Waals surface area contributed by atoms with Crippen molar-refractivity contribution in [3.8, 4) is 0 Å². The lowest BCUT2D eigenvalue weighted by atomic mass is 10.0. The van der Waals surface area contributed by atoms with Crippen LogP contribution in [0.15, 0.2) is 72.8 Å². The highest BCUT2D eigenvalue weighted by atomic mass is 15.2. The molecule has 1 aliphatic rings. The Bertz CT molecular complexity index is 806. The molecule has 2 heteroatoms. The molecule has 0 aromatic heterocycles. The van der Waals surface area contributed by atoms with E-state index < -0.39 is 0 Å². The Hall–Kier alpha value is -2.32. The zero-order valence-electron chi connectivity index (χ0n) is 14.7. The molecular weight excluding hydrogens is 304 g/mol. The van der Waals surface area contributed by atoms with Crippen LogP contribution < -0.4 is 5.32 Å². The summed E-state index contributed by atoms with van der Waals surface area (Å²) in [6, 6.07) is 26.4. The van der Waals surface area contributed by atoms with Gasteiger partial charge in [-0.2, -0.15) is 0 Å². The molecule has 0 unspecified atom stereocenters. The standard InChI is InChI=1S/C23H26N2/c1-3-10-20(11-4-1)23(18-25-15-7-2-8-16-25)24-22-14-13-19-9-5-6-12-21(19)17-22/h1,3-6,9-14,17,23-24H,2,7-8,15-16,18H2/t23-/m1/s1. The Morgan fingerprint density at radius 2 is 1.48 bits per heavy atom. The molecule has 0 bridgehead atoms. The zero-order chi connectivity index (χ0) is 16.9. The molecule has 0 spiro atoms. The second kappa shape index (κ2) is 7.71. The molecule has 3 aromatic rings. The van der Waals surface area contributed by atoms with Crippen LogP contribution in [0.1, 0.15) is 30.9 Å². The van der Waals surface area contributed by atoms with Crippen LogP contribution in [0.4, 0.5) is 5.69 Å². The van der Waals surface area contributed by atoms with E-state index in [0.717, 1.165) is 6.54 Å². The van der Waals surface area contributed by atoms with Crippen molar-refractivity contribution in [2.75, 3.05) is 25.0 Å². The molecular formula is C23H26N2. The SMILES string of the molecule is c1ccc([C@@H](CN2CCCCC2)Nc2ccc3ccccc3c2)cc1. The average molecular weight is 330 g/mol. The van der Waals surface area contributed by atoms with Crippen LogP contribution >= 0.6 is 0 Å². The maximum absolute atomic E-state index is 3.79. The summed E-state index contributed by atoms with van der Waals surface area (Å²) in [5.41, 5.74) is 2.56. The third-order valence-electron chi connectivity index (χ3n) is 5.18. The van der Waals surface area contributed by atoms with Crippen molar-refractivity contribution in [3.63, 3.8) is 0 Å². The van der Waals surface area contributed by atoms with Crippen LogP contribution in [0.5, 0.6) is 0 Å². The van der Waals surface area contributed by atoms with Crippen LogP contribution in [0, 0.1) is 0 Å². The molecule has 3 aromatic carbocycles. The lowest BCUT2D eigenvalue weighted by Gasteiger charge is -2.31. The van der Waals surface area contributed by atoms with Gasteiger partial charge in [-0.25, -0.2) is 0 Å². The van der Waals surface area contributed by atoms with Gasteiger partial charge in [0.05, 0.1) is 6.04 Å². The van der Waals surface area contributed by atoms with E-state index in [1.807, 2.05) is 0 Å². The summed E-state index contributed by atoms with van der Waals surface area (Å²) in [5, 5.41) is 6.37. The zero-order valence-corrected chi connectivity index (χ0v) is 14.7. The monoisotopic (exact) mass is 330 g/mol. The van der Waals surface area contributed by atoms with Gasteiger partial charge in [-0.1, -0.05) is 67.1 Å². The lowest BCUT2D eigenvalue weighted by molar-refractivity contribution is 0.220. The van der Waals surface area contributed by atoms with Gasteiger partial charge >= 0.3 is 0 Å². The molecule has 1 fully saturated rings. The third-order valence-corrected chi connectivity index (χ3v) is 5.18. The predicted molar refractivity (Wildman–Crippen MR) is 107 cm³/mol. The Morgan fingerprint density at radius 1 is 0.760 bits per heavy atom. The van der Waals surface area contributed by atoms with Crippen LogP contribution in [0.3, 0.4) is 0 Å². The van der Waals surface area contributed by atoms with Crippen LogP contribution in [-0.2, 0) is 0 Å². The number of rotatable bonds is 5. The van der Waals surface area contributed by atoms with E-state index in [4.69, 9.17) is 0 Å². The third kappa shape index (κ3) is 4.02. The molecule has 0 amide bonds. The van der Waals surface area contributed by atoms with Crippen LogP contribution in [0.2, 0.25) is 0 Å². The quantitative estimate of drug-likeness (QED) is 0.666. The smallest absolute Gasteiger partial charge is 0.0640 e. The molecule has 0 aliphatic carbocycles. The summed E-state index contributed by atoms with van der Waals surface area (Å²) >= 11 is 0. The van der Waals surface area contributed by atoms with Gasteiger partial charge in [0.15, 0.2) is 0 Å². The first kappa shape index (κ1) is 16.2. The maximum atomic E-state index is 3.79. The molecule has 1 heterocycles. The van der Waals surface area contributed by atoms with Gasteiger partial charge in [0.1, 0.15) is 0 Å². The van der Waals surface area contributed by atoms with Crippen molar-refractivity contribution in [2.45, 2.75) is 25.3 Å². The number of fused-ring (bicyclic) bond motifs is 1. The molecule has 2 nitrogen and oxygen atoms in total. The van der Waals surface area contributed by atoms with Crippen LogP contribution in [0.25, 0.3) is 10.8 Å². The predicted octanol–water partition coefficient (Wildman–Crippen LogP) is 5.48. The van der Waals surface area contributed by atoms with E-state index in [9.17, 15) is 0 Å². The number of anilines is 1. The van der Waals surface area contributed by atoms with E-state index in [-0.39, 0.29) is 0 Å². The number of likely N-dealkylation sites (tertiary alicyclic amines) is 1. The summed E-state index contributed by atoms with van der Waals surface area (Å²) in [7, 11) is 0. The van der Waals surface area contributed by atoms with Gasteiger partial charge < -0.3 is 10.2 Å². The van der Waals surface area contributed by atoms with E-state index in [1.54, 1.807) is 0 Å². The fraction of sp³-hybridized carbons (Fsp3) is 0.304. The molecule has 4 rings (SSSR count). The Morgan fingerprint density at radius 3 is 2.28 bits per heavy atom. The fourth-order valence-electron chi connectivity index (χ4n) is 3.80. The topological polar surface area (TPSA) is 15.3 Å². The Labute approximate surface area is 150 Å². The molecule has 1 N–H and O–H groups in total. The molecule has 0 saturated carbocycles. The van der Waals surface area contributed by atoms with E-state index in [0.29, 0.717) is 6.04 Å². The average Bonchev–Trinajstić information content (AvgIpc) is 2.69. The number of hydrogen-bond donors (Lipinski definition) is 1. The molecule has 1 aliphatic heterocycles. The van der Waals surface area contributed by atoms with Gasteiger partial charge in [-0.3, -0.25) is 0 Å². The van der Waals surface area contributed by atoms with Crippen molar-refractivity contribution in [1.29, 1.82) is 0 Å². The summed E-state index contributed by atoms with van der Waals surface area (Å²) in [5.74, 6) is 0. The Balaban J connectivity index is 1.57. The first-order chi connectivity index (χ1) is 12.4. The van der Waals surface area contributed by atoms with Crippen molar-refractivity contribution in [1.82, 2.24) is 4.90 Å². The highest BCUT2D eigenvalue weighted by Gasteiger charge is 2.18. The number of nitrogens with zero attached hydrogens (tertiary/aromatic N) is 1. The summed E-state index contributed by atoms with van der Waals surface area (Å²) in [6.07, 6.45) is 4.04. The Kier molecular flexibility index (Phi) is 4.98. The molecule has 0 radical (unpaired) electrons.